The Kier molecular flexibility index (Phi) is 12.0. The zero-order valence-corrected chi connectivity index (χ0v) is 26.4. The van der Waals surface area contributed by atoms with Gasteiger partial charge in [0.2, 0.25) is 0 Å². The van der Waals surface area contributed by atoms with Crippen LogP contribution < -0.4 is 26.2 Å². The lowest BCUT2D eigenvalue weighted by Crippen LogP contribution is -2.59. The highest BCUT2D eigenvalue weighted by atomic mass is 35.5. The second kappa shape index (κ2) is 15.5. The molecule has 4 heterocycles. The fourth-order valence-corrected chi connectivity index (χ4v) is 5.38. The van der Waals surface area contributed by atoms with E-state index in [1.807, 2.05) is 26.0 Å². The predicted octanol–water partition coefficient (Wildman–Crippen LogP) is 4.03. The molecule has 0 saturated carbocycles. The molecule has 0 bridgehead atoms. The SMILES string of the molecule is C1CCNCC1.CC1(NC(=O)c2ccc(F)c(Cl)c2)COC1.CC1(NC(=O)c2ccc(N3CCNCC3)c(Cl)c2)COC1. The molecule has 43 heavy (non-hydrogen) atoms. The van der Waals surface area contributed by atoms with E-state index in [4.69, 9.17) is 32.7 Å². The van der Waals surface area contributed by atoms with E-state index in [-0.39, 0.29) is 27.9 Å². The fourth-order valence-electron chi connectivity index (χ4n) is 4.90. The Morgan fingerprint density at radius 3 is 1.65 bits per heavy atom. The van der Waals surface area contributed by atoms with Crippen molar-refractivity contribution >= 4 is 40.7 Å². The normalized spacial score (nSPS) is 20.1. The van der Waals surface area contributed by atoms with Crippen LogP contribution in [-0.2, 0) is 9.47 Å². The largest absolute Gasteiger partial charge is 0.376 e. The maximum atomic E-state index is 12.9. The molecular formula is C31H42Cl2FN5O4. The highest BCUT2D eigenvalue weighted by Gasteiger charge is 2.36. The zero-order chi connectivity index (χ0) is 30.9. The summed E-state index contributed by atoms with van der Waals surface area (Å²) in [6.45, 7) is 12.2. The van der Waals surface area contributed by atoms with E-state index in [2.05, 4.69) is 26.2 Å². The van der Waals surface area contributed by atoms with Gasteiger partial charge in [0.05, 0.1) is 53.2 Å². The summed E-state index contributed by atoms with van der Waals surface area (Å²) in [6.07, 6.45) is 4.22. The van der Waals surface area contributed by atoms with Crippen molar-refractivity contribution in [2.45, 2.75) is 44.2 Å². The van der Waals surface area contributed by atoms with E-state index >= 15 is 0 Å². The predicted molar refractivity (Wildman–Crippen MR) is 168 cm³/mol. The molecule has 2 amide bonds. The number of hydrogen-bond donors (Lipinski definition) is 4. The molecule has 0 atom stereocenters. The molecule has 0 unspecified atom stereocenters. The molecule has 4 N–H and O–H groups in total. The number of piperazine rings is 1. The van der Waals surface area contributed by atoms with Crippen molar-refractivity contribution in [3.05, 3.63) is 63.4 Å². The summed E-state index contributed by atoms with van der Waals surface area (Å²) in [5.74, 6) is -0.904. The van der Waals surface area contributed by atoms with Crippen molar-refractivity contribution in [2.24, 2.45) is 0 Å². The van der Waals surface area contributed by atoms with Gasteiger partial charge in [-0.15, -0.1) is 0 Å². The van der Waals surface area contributed by atoms with Crippen LogP contribution in [0.3, 0.4) is 0 Å². The number of piperidine rings is 1. The van der Waals surface area contributed by atoms with Gasteiger partial charge in [-0.3, -0.25) is 9.59 Å². The van der Waals surface area contributed by atoms with E-state index in [1.165, 1.54) is 50.6 Å². The molecule has 236 valence electrons. The molecule has 4 aliphatic rings. The minimum atomic E-state index is -0.531. The average Bonchev–Trinajstić information content (AvgIpc) is 2.99. The van der Waals surface area contributed by atoms with Gasteiger partial charge >= 0.3 is 0 Å². The fraction of sp³-hybridized carbons (Fsp3) is 0.548. The van der Waals surface area contributed by atoms with Gasteiger partial charge in [0.1, 0.15) is 5.82 Å². The number of halogens is 3. The first kappa shape index (κ1) is 33.4. The summed E-state index contributed by atoms with van der Waals surface area (Å²) in [4.78, 5) is 26.3. The van der Waals surface area contributed by atoms with Crippen molar-refractivity contribution in [2.75, 3.05) is 70.6 Å². The van der Waals surface area contributed by atoms with E-state index in [1.54, 1.807) is 6.07 Å². The maximum Gasteiger partial charge on any atom is 0.251 e. The number of hydrogen-bond acceptors (Lipinski definition) is 7. The number of carbonyl (C=O) groups is 2. The topological polar surface area (TPSA) is 104 Å². The molecule has 0 spiro atoms. The van der Waals surface area contributed by atoms with Gasteiger partial charge in [0.25, 0.3) is 11.8 Å². The lowest BCUT2D eigenvalue weighted by molar-refractivity contribution is -0.0594. The van der Waals surface area contributed by atoms with E-state index in [0.717, 1.165) is 31.9 Å². The first-order valence-corrected chi connectivity index (χ1v) is 15.5. The molecule has 12 heteroatoms. The van der Waals surface area contributed by atoms with Crippen LogP contribution in [-0.4, -0.2) is 88.6 Å². The van der Waals surface area contributed by atoms with Crippen molar-refractivity contribution in [1.29, 1.82) is 0 Å². The lowest BCUT2D eigenvalue weighted by Gasteiger charge is -2.38. The molecule has 0 aliphatic carbocycles. The van der Waals surface area contributed by atoms with Gasteiger partial charge in [0, 0.05) is 37.3 Å². The van der Waals surface area contributed by atoms with Gasteiger partial charge in [-0.2, -0.15) is 0 Å². The molecule has 9 nitrogen and oxygen atoms in total. The Morgan fingerprint density at radius 2 is 1.26 bits per heavy atom. The van der Waals surface area contributed by atoms with Gasteiger partial charge in [-0.1, -0.05) is 29.6 Å². The molecule has 4 fully saturated rings. The Labute approximate surface area is 263 Å². The Balaban J connectivity index is 0.000000169. The van der Waals surface area contributed by atoms with Gasteiger partial charge in [0.15, 0.2) is 0 Å². The zero-order valence-electron chi connectivity index (χ0n) is 24.9. The third-order valence-electron chi connectivity index (χ3n) is 7.57. The van der Waals surface area contributed by atoms with E-state index in [9.17, 15) is 14.0 Å². The second-order valence-electron chi connectivity index (χ2n) is 11.9. The van der Waals surface area contributed by atoms with Crippen LogP contribution in [0.1, 0.15) is 53.8 Å². The minimum Gasteiger partial charge on any atom is -0.376 e. The Bertz CT molecular complexity index is 1240. The van der Waals surface area contributed by atoms with Crippen molar-refractivity contribution < 1.29 is 23.5 Å². The number of nitrogens with one attached hydrogen (secondary N) is 4. The van der Waals surface area contributed by atoms with Crippen LogP contribution >= 0.6 is 23.2 Å². The molecule has 0 radical (unpaired) electrons. The molecule has 4 aliphatic heterocycles. The number of ether oxygens (including phenoxy) is 2. The monoisotopic (exact) mass is 637 g/mol. The summed E-state index contributed by atoms with van der Waals surface area (Å²) in [6, 6.07) is 9.41. The summed E-state index contributed by atoms with van der Waals surface area (Å²) in [7, 11) is 0. The third-order valence-corrected chi connectivity index (χ3v) is 8.16. The van der Waals surface area contributed by atoms with E-state index in [0.29, 0.717) is 42.6 Å². The quantitative estimate of drug-likeness (QED) is 0.393. The Hall–Kier alpha value is -2.47. The lowest BCUT2D eigenvalue weighted by atomic mass is 10.00. The van der Waals surface area contributed by atoms with Crippen LogP contribution in [0.2, 0.25) is 10.0 Å². The highest BCUT2D eigenvalue weighted by Crippen LogP contribution is 2.28. The molecule has 2 aromatic carbocycles. The standard InChI is InChI=1S/C15H20ClN3O2.C11H11ClFNO2.C5H11N/c1-15(9-21-10-15)18-14(20)11-2-3-13(12(16)8-11)19-6-4-17-5-7-19;1-11(5-16-6-11)14-10(15)7-2-3-9(13)8(12)4-7;1-2-4-6-5-3-1/h2-3,8,17H,4-7,9-10H2,1H3,(H,18,20);2-4H,5-6H2,1H3,(H,14,15);6H,1-5H2. The van der Waals surface area contributed by atoms with Crippen LogP contribution in [0.4, 0.5) is 10.1 Å². The van der Waals surface area contributed by atoms with Gasteiger partial charge in [-0.05, 0) is 76.2 Å². The van der Waals surface area contributed by atoms with E-state index < -0.39 is 5.82 Å². The first-order chi connectivity index (χ1) is 20.6. The Morgan fingerprint density at radius 1 is 0.767 bits per heavy atom. The molecule has 4 saturated heterocycles. The maximum absolute atomic E-state index is 12.9. The minimum absolute atomic E-state index is 0.0531. The van der Waals surface area contributed by atoms with Crippen molar-refractivity contribution in [3.8, 4) is 0 Å². The number of anilines is 1. The van der Waals surface area contributed by atoms with Crippen molar-refractivity contribution in [3.63, 3.8) is 0 Å². The highest BCUT2D eigenvalue weighted by molar-refractivity contribution is 6.33. The van der Waals surface area contributed by atoms with Crippen LogP contribution in [0.25, 0.3) is 0 Å². The molecule has 2 aromatic rings. The number of amides is 2. The van der Waals surface area contributed by atoms with Gasteiger partial charge in [-0.25, -0.2) is 4.39 Å². The molecular weight excluding hydrogens is 596 g/mol. The van der Waals surface area contributed by atoms with Crippen LogP contribution in [0, 0.1) is 5.82 Å². The van der Waals surface area contributed by atoms with Crippen LogP contribution in [0.5, 0.6) is 0 Å². The second-order valence-corrected chi connectivity index (χ2v) is 12.7. The number of rotatable bonds is 5. The first-order valence-electron chi connectivity index (χ1n) is 14.8. The average molecular weight is 639 g/mol. The number of carbonyl (C=O) groups excluding carboxylic acids is 2. The third kappa shape index (κ3) is 9.76. The molecule has 0 aromatic heterocycles. The summed E-state index contributed by atoms with van der Waals surface area (Å²) >= 11 is 12.0. The molecule has 6 rings (SSSR count). The number of benzene rings is 2. The van der Waals surface area contributed by atoms with Crippen LogP contribution in [0.15, 0.2) is 36.4 Å². The smallest absolute Gasteiger partial charge is 0.251 e. The summed E-state index contributed by atoms with van der Waals surface area (Å²) in [5.41, 5.74) is 1.36. The summed E-state index contributed by atoms with van der Waals surface area (Å²) in [5, 5.41) is 13.0. The van der Waals surface area contributed by atoms with Gasteiger partial charge < -0.3 is 35.6 Å². The summed E-state index contributed by atoms with van der Waals surface area (Å²) < 4.78 is 23.1. The number of nitrogens with zero attached hydrogens (tertiary/aromatic N) is 1. The van der Waals surface area contributed by atoms with Crippen molar-refractivity contribution in [1.82, 2.24) is 21.3 Å².